The Morgan fingerprint density at radius 3 is 2.56 bits per heavy atom. The minimum atomic E-state index is -0.489. The van der Waals surface area contributed by atoms with Crippen LogP contribution in [0.2, 0.25) is 0 Å². The van der Waals surface area contributed by atoms with Crippen LogP contribution in [0.15, 0.2) is 48.5 Å². The van der Waals surface area contributed by atoms with Gasteiger partial charge in [-0.1, -0.05) is 6.07 Å². The number of aryl methyl sites for hydroxylation is 1. The molecule has 1 amide bonds. The van der Waals surface area contributed by atoms with Gasteiger partial charge in [0.15, 0.2) is 0 Å². The summed E-state index contributed by atoms with van der Waals surface area (Å²) in [7, 11) is 0. The van der Waals surface area contributed by atoms with E-state index in [-0.39, 0.29) is 11.7 Å². The molecule has 0 saturated heterocycles. The fourth-order valence-electron chi connectivity index (χ4n) is 2.69. The van der Waals surface area contributed by atoms with Crippen LogP contribution in [0.3, 0.4) is 0 Å². The molecule has 0 unspecified atom stereocenters. The summed E-state index contributed by atoms with van der Waals surface area (Å²) in [5.74, 6) is -1.39. The lowest BCUT2D eigenvalue weighted by Gasteiger charge is -2.12. The number of ether oxygens (including phenoxy) is 1. The summed E-state index contributed by atoms with van der Waals surface area (Å²) in [6.07, 6.45) is -0.239. The molecule has 0 aliphatic carbocycles. The maximum atomic E-state index is 13.4. The highest BCUT2D eigenvalue weighted by atomic mass is 19.1. The van der Waals surface area contributed by atoms with Gasteiger partial charge in [0.25, 0.3) is 5.91 Å². The Balaban J connectivity index is 2.00. The number of carbonyl (C=O) groups excluding carboxylic acids is 2. The van der Waals surface area contributed by atoms with Gasteiger partial charge in [-0.2, -0.15) is 0 Å². The SMILES string of the molecule is Cc1cc(NC(=O)c2cccc(F)c2)c2cc(C(=O)OC(C)C)ccc2n1. The molecular formula is C21H19FN2O3. The first kappa shape index (κ1) is 18.5. The number of halogens is 1. The number of nitrogens with one attached hydrogen (secondary N) is 1. The van der Waals surface area contributed by atoms with Gasteiger partial charge in [0.1, 0.15) is 5.82 Å². The standard InChI is InChI=1S/C21H19FN2O3/c1-12(2)27-21(26)15-7-8-18-17(11-15)19(9-13(3)23-18)24-20(25)14-5-4-6-16(22)10-14/h4-12H,1-3H3,(H,23,24,25). The van der Waals surface area contributed by atoms with E-state index >= 15 is 0 Å². The summed E-state index contributed by atoms with van der Waals surface area (Å²) in [4.78, 5) is 29.1. The van der Waals surface area contributed by atoms with Crippen LogP contribution in [0.5, 0.6) is 0 Å². The van der Waals surface area contributed by atoms with Crippen molar-refractivity contribution in [2.24, 2.45) is 0 Å². The maximum Gasteiger partial charge on any atom is 0.338 e. The van der Waals surface area contributed by atoms with Crippen molar-refractivity contribution in [1.82, 2.24) is 4.98 Å². The lowest BCUT2D eigenvalue weighted by atomic mass is 10.1. The highest BCUT2D eigenvalue weighted by Crippen LogP contribution is 2.25. The molecule has 0 radical (unpaired) electrons. The zero-order chi connectivity index (χ0) is 19.6. The summed E-state index contributed by atoms with van der Waals surface area (Å²) in [6, 6.07) is 12.1. The van der Waals surface area contributed by atoms with Gasteiger partial charge < -0.3 is 10.1 Å². The second-order valence-electron chi connectivity index (χ2n) is 6.46. The number of aromatic nitrogens is 1. The minimum absolute atomic E-state index is 0.202. The van der Waals surface area contributed by atoms with Gasteiger partial charge in [0, 0.05) is 16.6 Å². The Hall–Kier alpha value is -3.28. The van der Waals surface area contributed by atoms with Crippen LogP contribution in [-0.4, -0.2) is 23.0 Å². The van der Waals surface area contributed by atoms with E-state index in [1.54, 1.807) is 45.0 Å². The third-order valence-electron chi connectivity index (χ3n) is 3.85. The van der Waals surface area contributed by atoms with Crippen LogP contribution in [0.1, 0.15) is 40.3 Å². The van der Waals surface area contributed by atoms with E-state index in [9.17, 15) is 14.0 Å². The number of pyridine rings is 1. The highest BCUT2D eigenvalue weighted by Gasteiger charge is 2.14. The van der Waals surface area contributed by atoms with Gasteiger partial charge in [-0.25, -0.2) is 9.18 Å². The predicted molar refractivity (Wildman–Crippen MR) is 101 cm³/mol. The number of amides is 1. The number of esters is 1. The molecule has 0 aliphatic rings. The van der Waals surface area contributed by atoms with Crippen LogP contribution < -0.4 is 5.32 Å². The molecule has 3 aromatic rings. The predicted octanol–water partition coefficient (Wildman–Crippen LogP) is 4.50. The minimum Gasteiger partial charge on any atom is -0.459 e. The number of fused-ring (bicyclic) bond motifs is 1. The van der Waals surface area contributed by atoms with Gasteiger partial charge in [-0.3, -0.25) is 9.78 Å². The van der Waals surface area contributed by atoms with Crippen LogP contribution in [0.25, 0.3) is 10.9 Å². The quantitative estimate of drug-likeness (QED) is 0.690. The first-order chi connectivity index (χ1) is 12.8. The molecule has 3 rings (SSSR count). The van der Waals surface area contributed by atoms with Crippen molar-refractivity contribution in [2.45, 2.75) is 26.9 Å². The lowest BCUT2D eigenvalue weighted by Crippen LogP contribution is -2.14. The van der Waals surface area contributed by atoms with Crippen LogP contribution in [0.4, 0.5) is 10.1 Å². The largest absolute Gasteiger partial charge is 0.459 e. The third-order valence-corrected chi connectivity index (χ3v) is 3.85. The third kappa shape index (κ3) is 4.28. The molecule has 0 atom stereocenters. The summed E-state index contributed by atoms with van der Waals surface area (Å²) in [6.45, 7) is 5.35. The Morgan fingerprint density at radius 1 is 1.07 bits per heavy atom. The lowest BCUT2D eigenvalue weighted by molar-refractivity contribution is 0.0378. The van der Waals surface area contributed by atoms with Crippen molar-refractivity contribution < 1.29 is 18.7 Å². The Labute approximate surface area is 156 Å². The smallest absolute Gasteiger partial charge is 0.338 e. The normalized spacial score (nSPS) is 10.9. The number of rotatable bonds is 4. The van der Waals surface area contributed by atoms with E-state index < -0.39 is 17.7 Å². The first-order valence-corrected chi connectivity index (χ1v) is 8.53. The molecule has 0 saturated carbocycles. The number of carbonyl (C=O) groups is 2. The molecule has 0 spiro atoms. The van der Waals surface area contributed by atoms with Crippen molar-refractivity contribution in [2.75, 3.05) is 5.32 Å². The Morgan fingerprint density at radius 2 is 1.85 bits per heavy atom. The van der Waals surface area contributed by atoms with Gasteiger partial charge in [0.05, 0.1) is 22.9 Å². The molecule has 1 N–H and O–H groups in total. The number of benzene rings is 2. The molecule has 5 nitrogen and oxygen atoms in total. The van der Waals surface area contributed by atoms with Gasteiger partial charge >= 0.3 is 5.97 Å². The molecular weight excluding hydrogens is 347 g/mol. The van der Waals surface area contributed by atoms with Crippen LogP contribution >= 0.6 is 0 Å². The zero-order valence-electron chi connectivity index (χ0n) is 15.2. The monoisotopic (exact) mass is 366 g/mol. The number of hydrogen-bond donors (Lipinski definition) is 1. The molecule has 0 aliphatic heterocycles. The van der Waals surface area contributed by atoms with E-state index in [4.69, 9.17) is 4.74 Å². The van der Waals surface area contributed by atoms with Gasteiger partial charge in [-0.05, 0) is 63.2 Å². The second kappa shape index (κ2) is 7.53. The molecule has 0 bridgehead atoms. The zero-order valence-corrected chi connectivity index (χ0v) is 15.2. The fourth-order valence-corrected chi connectivity index (χ4v) is 2.69. The average molecular weight is 366 g/mol. The van der Waals surface area contributed by atoms with E-state index in [0.29, 0.717) is 27.8 Å². The summed E-state index contributed by atoms with van der Waals surface area (Å²) in [5.41, 5.74) is 2.39. The molecule has 1 aromatic heterocycles. The second-order valence-corrected chi connectivity index (χ2v) is 6.46. The topological polar surface area (TPSA) is 68.3 Å². The van der Waals surface area contributed by atoms with Crippen molar-refractivity contribution >= 4 is 28.5 Å². The van der Waals surface area contributed by atoms with Crippen molar-refractivity contribution in [3.63, 3.8) is 0 Å². The number of hydrogen-bond acceptors (Lipinski definition) is 4. The molecule has 2 aromatic carbocycles. The van der Waals surface area contributed by atoms with Crippen LogP contribution in [0, 0.1) is 12.7 Å². The molecule has 27 heavy (non-hydrogen) atoms. The van der Waals surface area contributed by atoms with Gasteiger partial charge in [-0.15, -0.1) is 0 Å². The Bertz CT molecular complexity index is 1030. The van der Waals surface area contributed by atoms with Crippen molar-refractivity contribution in [3.05, 3.63) is 71.2 Å². The Kier molecular flexibility index (Phi) is 5.16. The molecule has 0 fully saturated rings. The number of anilines is 1. The molecule has 6 heteroatoms. The number of nitrogens with zero attached hydrogens (tertiary/aromatic N) is 1. The summed E-state index contributed by atoms with van der Waals surface area (Å²) < 4.78 is 18.6. The van der Waals surface area contributed by atoms with Crippen LogP contribution in [-0.2, 0) is 4.74 Å². The van der Waals surface area contributed by atoms with Crippen molar-refractivity contribution in [1.29, 1.82) is 0 Å². The average Bonchev–Trinajstić information content (AvgIpc) is 2.60. The highest BCUT2D eigenvalue weighted by molar-refractivity contribution is 6.09. The van der Waals surface area contributed by atoms with E-state index in [2.05, 4.69) is 10.3 Å². The van der Waals surface area contributed by atoms with Gasteiger partial charge in [0.2, 0.25) is 0 Å². The van der Waals surface area contributed by atoms with E-state index in [1.807, 2.05) is 0 Å². The summed E-state index contributed by atoms with van der Waals surface area (Å²) in [5, 5.41) is 3.38. The maximum absolute atomic E-state index is 13.4. The van der Waals surface area contributed by atoms with E-state index in [0.717, 1.165) is 6.07 Å². The first-order valence-electron chi connectivity index (χ1n) is 8.53. The van der Waals surface area contributed by atoms with E-state index in [1.165, 1.54) is 18.2 Å². The van der Waals surface area contributed by atoms with Crippen molar-refractivity contribution in [3.8, 4) is 0 Å². The fraction of sp³-hybridized carbons (Fsp3) is 0.190. The summed E-state index contributed by atoms with van der Waals surface area (Å²) >= 11 is 0. The molecule has 138 valence electrons. The molecule has 1 heterocycles.